The molecule has 1 amide bonds. The Bertz CT molecular complexity index is 635. The normalized spacial score (nSPS) is 18.3. The molecule has 0 aromatic heterocycles. The largest absolute Gasteiger partial charge is 0.381 e. The van der Waals surface area contributed by atoms with Crippen LogP contribution in [0.15, 0.2) is 29.2 Å². The van der Waals surface area contributed by atoms with Crippen LogP contribution in [0.5, 0.6) is 0 Å². The second-order valence-electron chi connectivity index (χ2n) is 5.89. The minimum absolute atomic E-state index is 0.0757. The average molecular weight is 340 g/mol. The van der Waals surface area contributed by atoms with Crippen molar-refractivity contribution in [2.45, 2.75) is 18.2 Å². The number of ether oxygens (including phenoxy) is 1. The number of benzene rings is 1. The third-order valence-electron chi connectivity index (χ3n) is 4.05. The van der Waals surface area contributed by atoms with E-state index in [4.69, 9.17) is 4.74 Å². The molecule has 1 atom stereocenters. The van der Waals surface area contributed by atoms with E-state index >= 15 is 0 Å². The zero-order valence-electron chi connectivity index (χ0n) is 13.9. The summed E-state index contributed by atoms with van der Waals surface area (Å²) in [5.74, 6) is 0.306. The second kappa shape index (κ2) is 7.42. The molecule has 0 saturated carbocycles. The number of amides is 1. The minimum Gasteiger partial charge on any atom is -0.381 e. The molecule has 6 nitrogen and oxygen atoms in total. The first-order valence-electron chi connectivity index (χ1n) is 7.76. The molecule has 23 heavy (non-hydrogen) atoms. The maximum Gasteiger partial charge on any atom is 0.253 e. The van der Waals surface area contributed by atoms with Gasteiger partial charge in [-0.15, -0.1) is 0 Å². The summed E-state index contributed by atoms with van der Waals surface area (Å²) in [7, 11) is -0.506. The number of hydrogen-bond acceptors (Lipinski definition) is 4. The van der Waals surface area contributed by atoms with Crippen LogP contribution in [0.2, 0.25) is 0 Å². The van der Waals surface area contributed by atoms with Crippen LogP contribution in [0.1, 0.15) is 23.7 Å². The van der Waals surface area contributed by atoms with Crippen LogP contribution < -0.4 is 0 Å². The lowest BCUT2D eigenvalue weighted by atomic mass is 10.1. The van der Waals surface area contributed by atoms with Crippen molar-refractivity contribution < 1.29 is 17.9 Å². The van der Waals surface area contributed by atoms with Gasteiger partial charge < -0.3 is 9.64 Å². The molecule has 1 aromatic rings. The van der Waals surface area contributed by atoms with Gasteiger partial charge >= 0.3 is 0 Å². The summed E-state index contributed by atoms with van der Waals surface area (Å²) in [6.07, 6.45) is 0.976. The molecule has 1 aliphatic heterocycles. The lowest BCUT2D eigenvalue weighted by Crippen LogP contribution is -2.35. The van der Waals surface area contributed by atoms with Gasteiger partial charge in [0.2, 0.25) is 10.0 Å². The van der Waals surface area contributed by atoms with Crippen LogP contribution in [-0.2, 0) is 14.8 Å². The molecule has 7 heteroatoms. The fourth-order valence-corrected chi connectivity index (χ4v) is 3.46. The summed E-state index contributed by atoms with van der Waals surface area (Å²) in [6, 6.07) is 6.11. The Balaban J connectivity index is 2.12. The van der Waals surface area contributed by atoms with Gasteiger partial charge in [-0.25, -0.2) is 12.7 Å². The SMILES string of the molecule is CCN(C[C@@H]1CCOC1)C(=O)c1ccc(S(=O)(=O)N(C)C)cc1. The molecule has 0 bridgehead atoms. The third kappa shape index (κ3) is 4.10. The van der Waals surface area contributed by atoms with E-state index in [2.05, 4.69) is 0 Å². The molecule has 1 heterocycles. The molecule has 128 valence electrons. The maximum absolute atomic E-state index is 12.6. The predicted molar refractivity (Wildman–Crippen MR) is 87.8 cm³/mol. The Morgan fingerprint density at radius 3 is 2.39 bits per heavy atom. The summed E-state index contributed by atoms with van der Waals surface area (Å²) in [4.78, 5) is 14.6. The molecular weight excluding hydrogens is 316 g/mol. The number of rotatable bonds is 6. The Labute approximate surface area is 138 Å². The van der Waals surface area contributed by atoms with Crippen molar-refractivity contribution in [2.75, 3.05) is 40.4 Å². The predicted octanol–water partition coefficient (Wildman–Crippen LogP) is 1.44. The molecule has 1 aromatic carbocycles. The number of sulfonamides is 1. The van der Waals surface area contributed by atoms with Crippen LogP contribution in [0.3, 0.4) is 0 Å². The highest BCUT2D eigenvalue weighted by Crippen LogP contribution is 2.18. The number of nitrogens with zero attached hydrogens (tertiary/aromatic N) is 2. The molecule has 1 fully saturated rings. The smallest absolute Gasteiger partial charge is 0.253 e. The molecule has 2 rings (SSSR count). The van der Waals surface area contributed by atoms with Crippen molar-refractivity contribution >= 4 is 15.9 Å². The van der Waals surface area contributed by atoms with Crippen molar-refractivity contribution in [1.29, 1.82) is 0 Å². The molecular formula is C16H24N2O4S. The van der Waals surface area contributed by atoms with Gasteiger partial charge in [-0.3, -0.25) is 4.79 Å². The minimum atomic E-state index is -3.47. The lowest BCUT2D eigenvalue weighted by Gasteiger charge is -2.24. The van der Waals surface area contributed by atoms with Crippen LogP contribution >= 0.6 is 0 Å². The number of carbonyl (C=O) groups is 1. The van der Waals surface area contributed by atoms with Gasteiger partial charge in [-0.1, -0.05) is 0 Å². The lowest BCUT2D eigenvalue weighted by molar-refractivity contribution is 0.0730. The summed E-state index contributed by atoms with van der Waals surface area (Å²) >= 11 is 0. The summed E-state index contributed by atoms with van der Waals surface area (Å²) < 4.78 is 30.6. The molecule has 1 aliphatic rings. The van der Waals surface area contributed by atoms with Gasteiger partial charge in [-0.05, 0) is 37.6 Å². The van der Waals surface area contributed by atoms with Crippen molar-refractivity contribution in [3.63, 3.8) is 0 Å². The Hall–Kier alpha value is -1.44. The third-order valence-corrected chi connectivity index (χ3v) is 5.88. The number of carbonyl (C=O) groups excluding carboxylic acids is 1. The van der Waals surface area contributed by atoms with Gasteiger partial charge in [0.05, 0.1) is 11.5 Å². The van der Waals surface area contributed by atoms with E-state index < -0.39 is 10.0 Å². The van der Waals surface area contributed by atoms with Crippen molar-refractivity contribution in [1.82, 2.24) is 9.21 Å². The first kappa shape index (κ1) is 17.9. The van der Waals surface area contributed by atoms with Crippen LogP contribution in [0.4, 0.5) is 0 Å². The molecule has 0 N–H and O–H groups in total. The monoisotopic (exact) mass is 340 g/mol. The molecule has 0 spiro atoms. The van der Waals surface area contributed by atoms with Gasteiger partial charge in [-0.2, -0.15) is 0 Å². The quantitative estimate of drug-likeness (QED) is 0.786. The Morgan fingerprint density at radius 2 is 1.91 bits per heavy atom. The van der Waals surface area contributed by atoms with E-state index in [0.717, 1.165) is 17.3 Å². The van der Waals surface area contributed by atoms with E-state index in [1.54, 1.807) is 17.0 Å². The van der Waals surface area contributed by atoms with Crippen LogP contribution in [0.25, 0.3) is 0 Å². The topological polar surface area (TPSA) is 66.9 Å². The van der Waals surface area contributed by atoms with Gasteiger partial charge in [0.1, 0.15) is 0 Å². The van der Waals surface area contributed by atoms with Crippen LogP contribution in [0, 0.1) is 5.92 Å². The molecule has 1 saturated heterocycles. The first-order chi connectivity index (χ1) is 10.9. The fraction of sp³-hybridized carbons (Fsp3) is 0.562. The molecule has 0 radical (unpaired) electrons. The van der Waals surface area contributed by atoms with Gasteiger partial charge in [0.25, 0.3) is 5.91 Å². The Morgan fingerprint density at radius 1 is 1.26 bits per heavy atom. The van der Waals surface area contributed by atoms with E-state index in [9.17, 15) is 13.2 Å². The van der Waals surface area contributed by atoms with Crippen molar-refractivity contribution in [2.24, 2.45) is 5.92 Å². The first-order valence-corrected chi connectivity index (χ1v) is 9.20. The summed E-state index contributed by atoms with van der Waals surface area (Å²) in [6.45, 7) is 4.69. The van der Waals surface area contributed by atoms with E-state index in [0.29, 0.717) is 31.2 Å². The standard InChI is InChI=1S/C16H24N2O4S/c1-4-18(11-13-9-10-22-12-13)16(19)14-5-7-15(8-6-14)23(20,21)17(2)3/h5-8,13H,4,9-12H2,1-3H3/t13-/m0/s1. The van der Waals surface area contributed by atoms with E-state index in [1.807, 2.05) is 6.92 Å². The fourth-order valence-electron chi connectivity index (χ4n) is 2.56. The Kier molecular flexibility index (Phi) is 5.78. The second-order valence-corrected chi connectivity index (χ2v) is 8.04. The van der Waals surface area contributed by atoms with Gasteiger partial charge in [0, 0.05) is 45.3 Å². The highest BCUT2D eigenvalue weighted by molar-refractivity contribution is 7.89. The zero-order chi connectivity index (χ0) is 17.0. The highest BCUT2D eigenvalue weighted by atomic mass is 32.2. The summed E-state index contributed by atoms with van der Waals surface area (Å²) in [5.41, 5.74) is 0.503. The zero-order valence-corrected chi connectivity index (χ0v) is 14.7. The van der Waals surface area contributed by atoms with Crippen LogP contribution in [-0.4, -0.2) is 63.9 Å². The van der Waals surface area contributed by atoms with Crippen molar-refractivity contribution in [3.8, 4) is 0 Å². The average Bonchev–Trinajstić information content (AvgIpc) is 3.05. The summed E-state index contributed by atoms with van der Waals surface area (Å²) in [5, 5.41) is 0. The number of hydrogen-bond donors (Lipinski definition) is 0. The molecule has 0 aliphatic carbocycles. The highest BCUT2D eigenvalue weighted by Gasteiger charge is 2.23. The van der Waals surface area contributed by atoms with E-state index in [-0.39, 0.29) is 10.8 Å². The molecule has 0 unspecified atom stereocenters. The van der Waals surface area contributed by atoms with Gasteiger partial charge in [0.15, 0.2) is 0 Å². The van der Waals surface area contributed by atoms with Crippen molar-refractivity contribution in [3.05, 3.63) is 29.8 Å². The van der Waals surface area contributed by atoms with E-state index in [1.165, 1.54) is 26.2 Å². The maximum atomic E-state index is 12.6.